The van der Waals surface area contributed by atoms with Crippen LogP contribution >= 0.6 is 0 Å². The summed E-state index contributed by atoms with van der Waals surface area (Å²) in [7, 11) is 2.14. The Balaban J connectivity index is 1.29. The molecule has 0 saturated carbocycles. The largest absolute Gasteiger partial charge is 0.490 e. The highest BCUT2D eigenvalue weighted by molar-refractivity contribution is 5.89. The molecule has 1 aromatic rings. The normalized spacial score (nSPS) is 21.1. The predicted octanol–water partition coefficient (Wildman–Crippen LogP) is 3.63. The minimum atomic E-state index is -0.156. The molecule has 1 atom stereocenters. The molecule has 0 bridgehead atoms. The van der Waals surface area contributed by atoms with Crippen LogP contribution in [0.3, 0.4) is 0 Å². The van der Waals surface area contributed by atoms with Crippen LogP contribution in [0.4, 0.5) is 10.5 Å². The average molecular weight is 376 g/mol. The first-order valence-electron chi connectivity index (χ1n) is 10.3. The van der Waals surface area contributed by atoms with Gasteiger partial charge in [0.15, 0.2) is 0 Å². The van der Waals surface area contributed by atoms with Gasteiger partial charge in [0.2, 0.25) is 0 Å². The van der Waals surface area contributed by atoms with Gasteiger partial charge in [0, 0.05) is 31.9 Å². The topological polar surface area (TPSA) is 62.8 Å². The van der Waals surface area contributed by atoms with E-state index in [0.717, 1.165) is 63.2 Å². The Hall–Kier alpha value is -1.79. The van der Waals surface area contributed by atoms with Crippen molar-refractivity contribution < 1.29 is 14.3 Å². The number of nitrogens with zero attached hydrogens (tertiary/aromatic N) is 1. The van der Waals surface area contributed by atoms with Crippen molar-refractivity contribution in [3.05, 3.63) is 24.3 Å². The summed E-state index contributed by atoms with van der Waals surface area (Å²) in [5.41, 5.74) is 0.780. The Bertz CT molecular complexity index is 565. The number of benzene rings is 1. The van der Waals surface area contributed by atoms with E-state index >= 15 is 0 Å². The predicted molar refractivity (Wildman–Crippen MR) is 107 cm³/mol. The second kappa shape index (κ2) is 10.5. The van der Waals surface area contributed by atoms with Crippen molar-refractivity contribution in [1.82, 2.24) is 10.2 Å². The molecule has 2 N–H and O–H groups in total. The van der Waals surface area contributed by atoms with Crippen LogP contribution in [0, 0.1) is 0 Å². The van der Waals surface area contributed by atoms with E-state index in [0.29, 0.717) is 12.6 Å². The number of unbranched alkanes of at least 4 members (excludes halogenated alkanes) is 1. The lowest BCUT2D eigenvalue weighted by molar-refractivity contribution is 0.102. The SMILES string of the molecule is CN1CCC(Oc2ccc(NC(=O)NCCCCC3CCCO3)cc2)CC1. The summed E-state index contributed by atoms with van der Waals surface area (Å²) in [6.45, 7) is 3.76. The van der Waals surface area contributed by atoms with Crippen molar-refractivity contribution in [2.75, 3.05) is 38.6 Å². The van der Waals surface area contributed by atoms with Crippen LogP contribution in [0.5, 0.6) is 5.75 Å². The van der Waals surface area contributed by atoms with E-state index < -0.39 is 0 Å². The lowest BCUT2D eigenvalue weighted by atomic mass is 10.1. The number of nitrogens with one attached hydrogen (secondary N) is 2. The first kappa shape index (κ1) is 20.0. The number of hydrogen-bond acceptors (Lipinski definition) is 4. The van der Waals surface area contributed by atoms with Gasteiger partial charge in [-0.2, -0.15) is 0 Å². The molecule has 150 valence electrons. The van der Waals surface area contributed by atoms with Crippen LogP contribution in [-0.2, 0) is 4.74 Å². The Morgan fingerprint density at radius 3 is 2.67 bits per heavy atom. The first-order valence-corrected chi connectivity index (χ1v) is 10.3. The third-order valence-corrected chi connectivity index (χ3v) is 5.34. The summed E-state index contributed by atoms with van der Waals surface area (Å²) in [6.07, 6.45) is 8.40. The van der Waals surface area contributed by atoms with Crippen molar-refractivity contribution in [2.24, 2.45) is 0 Å². The molecule has 1 aromatic carbocycles. The van der Waals surface area contributed by atoms with Gasteiger partial charge in [-0.15, -0.1) is 0 Å². The van der Waals surface area contributed by atoms with Crippen molar-refractivity contribution in [3.8, 4) is 5.75 Å². The molecule has 0 spiro atoms. The van der Waals surface area contributed by atoms with Crippen molar-refractivity contribution >= 4 is 11.7 Å². The van der Waals surface area contributed by atoms with E-state index in [1.807, 2.05) is 24.3 Å². The number of ether oxygens (including phenoxy) is 2. The fourth-order valence-electron chi connectivity index (χ4n) is 3.66. The third-order valence-electron chi connectivity index (χ3n) is 5.34. The summed E-state index contributed by atoms with van der Waals surface area (Å²) in [4.78, 5) is 14.3. The zero-order valence-corrected chi connectivity index (χ0v) is 16.4. The standard InChI is InChI=1S/C21H33N3O3/c1-24-14-11-20(12-15-24)27-19-9-7-17(8-10-19)23-21(25)22-13-3-2-5-18-6-4-16-26-18/h7-10,18,20H,2-6,11-16H2,1H3,(H2,22,23,25). The minimum Gasteiger partial charge on any atom is -0.490 e. The van der Waals surface area contributed by atoms with E-state index in [1.165, 1.54) is 12.8 Å². The zero-order chi connectivity index (χ0) is 18.9. The molecule has 0 radical (unpaired) electrons. The van der Waals surface area contributed by atoms with Gasteiger partial charge in [-0.25, -0.2) is 4.79 Å². The molecule has 2 heterocycles. The number of hydrogen-bond donors (Lipinski definition) is 2. The number of urea groups is 1. The molecule has 1 unspecified atom stereocenters. The number of carbonyl (C=O) groups is 1. The fourth-order valence-corrected chi connectivity index (χ4v) is 3.66. The number of piperidine rings is 1. The van der Waals surface area contributed by atoms with E-state index in [4.69, 9.17) is 9.47 Å². The molecule has 3 rings (SSSR count). The van der Waals surface area contributed by atoms with Gasteiger partial charge < -0.3 is 25.0 Å². The second-order valence-corrected chi connectivity index (χ2v) is 7.66. The zero-order valence-electron chi connectivity index (χ0n) is 16.4. The van der Waals surface area contributed by atoms with E-state index in [9.17, 15) is 4.79 Å². The molecule has 27 heavy (non-hydrogen) atoms. The van der Waals surface area contributed by atoms with E-state index in [-0.39, 0.29) is 12.1 Å². The van der Waals surface area contributed by atoms with Gasteiger partial charge >= 0.3 is 6.03 Å². The second-order valence-electron chi connectivity index (χ2n) is 7.66. The van der Waals surface area contributed by atoms with Crippen LogP contribution in [0.2, 0.25) is 0 Å². The fraction of sp³-hybridized carbons (Fsp3) is 0.667. The third kappa shape index (κ3) is 7.03. The molecule has 6 heteroatoms. The molecule has 0 aliphatic carbocycles. The van der Waals surface area contributed by atoms with E-state index in [1.54, 1.807) is 0 Å². The molecule has 2 aliphatic rings. The maximum absolute atomic E-state index is 12.0. The summed E-state index contributed by atoms with van der Waals surface area (Å²) < 4.78 is 11.6. The summed E-state index contributed by atoms with van der Waals surface area (Å²) >= 11 is 0. The monoisotopic (exact) mass is 375 g/mol. The Morgan fingerprint density at radius 1 is 1.19 bits per heavy atom. The molecular formula is C21H33N3O3. The van der Waals surface area contributed by atoms with Gasteiger partial charge in [0.1, 0.15) is 11.9 Å². The van der Waals surface area contributed by atoms with Crippen LogP contribution in [0.25, 0.3) is 0 Å². The smallest absolute Gasteiger partial charge is 0.319 e. The summed E-state index contributed by atoms with van der Waals surface area (Å²) in [6, 6.07) is 7.48. The molecule has 0 aromatic heterocycles. The maximum Gasteiger partial charge on any atom is 0.319 e. The average Bonchev–Trinajstić information content (AvgIpc) is 3.18. The quantitative estimate of drug-likeness (QED) is 0.681. The maximum atomic E-state index is 12.0. The van der Waals surface area contributed by atoms with Crippen LogP contribution < -0.4 is 15.4 Å². The van der Waals surface area contributed by atoms with Crippen molar-refractivity contribution in [1.29, 1.82) is 0 Å². The lowest BCUT2D eigenvalue weighted by Gasteiger charge is -2.29. The number of rotatable bonds is 8. The number of carbonyl (C=O) groups excluding carboxylic acids is 1. The van der Waals surface area contributed by atoms with Crippen molar-refractivity contribution in [3.63, 3.8) is 0 Å². The molecular weight excluding hydrogens is 342 g/mol. The van der Waals surface area contributed by atoms with Crippen LogP contribution in [0.15, 0.2) is 24.3 Å². The van der Waals surface area contributed by atoms with Gasteiger partial charge in [-0.1, -0.05) is 0 Å². The van der Waals surface area contributed by atoms with Gasteiger partial charge in [-0.3, -0.25) is 0 Å². The molecule has 2 amide bonds. The highest BCUT2D eigenvalue weighted by Crippen LogP contribution is 2.21. The van der Waals surface area contributed by atoms with Crippen LogP contribution in [0.1, 0.15) is 44.9 Å². The molecule has 2 saturated heterocycles. The number of likely N-dealkylation sites (tertiary alicyclic amines) is 1. The first-order chi connectivity index (χ1) is 13.2. The molecule has 2 fully saturated rings. The highest BCUT2D eigenvalue weighted by Gasteiger charge is 2.18. The van der Waals surface area contributed by atoms with E-state index in [2.05, 4.69) is 22.6 Å². The Kier molecular flexibility index (Phi) is 7.78. The van der Waals surface area contributed by atoms with Crippen LogP contribution in [-0.4, -0.2) is 56.4 Å². The minimum absolute atomic E-state index is 0.156. The number of anilines is 1. The van der Waals surface area contributed by atoms with Crippen molar-refractivity contribution in [2.45, 2.75) is 57.2 Å². The summed E-state index contributed by atoms with van der Waals surface area (Å²) in [5, 5.41) is 5.79. The number of amides is 2. The molecule has 6 nitrogen and oxygen atoms in total. The molecule has 2 aliphatic heterocycles. The Morgan fingerprint density at radius 2 is 1.96 bits per heavy atom. The van der Waals surface area contributed by atoms with Gasteiger partial charge in [0.25, 0.3) is 0 Å². The van der Waals surface area contributed by atoms with Gasteiger partial charge in [-0.05, 0) is 76.3 Å². The van der Waals surface area contributed by atoms with Gasteiger partial charge in [0.05, 0.1) is 6.10 Å². The summed E-state index contributed by atoms with van der Waals surface area (Å²) in [5.74, 6) is 0.865. The lowest BCUT2D eigenvalue weighted by Crippen LogP contribution is -2.35. The Labute approximate surface area is 162 Å². The highest BCUT2D eigenvalue weighted by atomic mass is 16.5.